The standard InChI is InChI=1S/C13H19N3O3S/c1-15-20(18,19)12-8-3-2-7-11(12)16-13(17)9-5-4-6-10(9)14/h2-3,7-10,15H,4-6,14H2,1H3,(H,16,17). The van der Waals surface area contributed by atoms with Gasteiger partial charge in [-0.2, -0.15) is 0 Å². The maximum absolute atomic E-state index is 12.2. The highest BCUT2D eigenvalue weighted by Gasteiger charge is 2.31. The summed E-state index contributed by atoms with van der Waals surface area (Å²) < 4.78 is 26.0. The molecule has 1 amide bonds. The third-order valence-corrected chi connectivity index (χ3v) is 5.08. The Kier molecular flexibility index (Phi) is 4.42. The van der Waals surface area contributed by atoms with Crippen LogP contribution in [0.2, 0.25) is 0 Å². The van der Waals surface area contributed by atoms with Crippen LogP contribution in [0.4, 0.5) is 5.69 Å². The van der Waals surface area contributed by atoms with E-state index in [0.717, 1.165) is 19.3 Å². The predicted octanol–water partition coefficient (Wildman–Crippen LogP) is 0.661. The lowest BCUT2D eigenvalue weighted by Crippen LogP contribution is -2.34. The fraction of sp³-hybridized carbons (Fsp3) is 0.462. The second kappa shape index (κ2) is 5.90. The van der Waals surface area contributed by atoms with Crippen LogP contribution in [-0.4, -0.2) is 27.4 Å². The van der Waals surface area contributed by atoms with Crippen molar-refractivity contribution in [1.29, 1.82) is 0 Å². The number of benzene rings is 1. The van der Waals surface area contributed by atoms with Crippen LogP contribution >= 0.6 is 0 Å². The number of carbonyl (C=O) groups is 1. The van der Waals surface area contributed by atoms with Crippen molar-refractivity contribution in [1.82, 2.24) is 4.72 Å². The highest BCUT2D eigenvalue weighted by molar-refractivity contribution is 7.89. The number of hydrogen-bond donors (Lipinski definition) is 3. The molecule has 20 heavy (non-hydrogen) atoms. The van der Waals surface area contributed by atoms with Gasteiger partial charge in [-0.1, -0.05) is 18.6 Å². The molecule has 2 atom stereocenters. The molecule has 1 saturated carbocycles. The minimum atomic E-state index is -3.61. The molecule has 0 saturated heterocycles. The van der Waals surface area contributed by atoms with Gasteiger partial charge in [0, 0.05) is 6.04 Å². The summed E-state index contributed by atoms with van der Waals surface area (Å²) in [6, 6.07) is 6.17. The number of amides is 1. The predicted molar refractivity (Wildman–Crippen MR) is 76.6 cm³/mol. The molecule has 1 aliphatic carbocycles. The summed E-state index contributed by atoms with van der Waals surface area (Å²) in [7, 11) is -2.27. The van der Waals surface area contributed by atoms with Crippen LogP contribution in [-0.2, 0) is 14.8 Å². The Hall–Kier alpha value is -1.44. The lowest BCUT2D eigenvalue weighted by Gasteiger charge is -2.17. The minimum absolute atomic E-state index is 0.0578. The number of nitrogens with two attached hydrogens (primary N) is 1. The van der Waals surface area contributed by atoms with Crippen molar-refractivity contribution in [3.8, 4) is 0 Å². The Bertz CT molecular complexity index is 601. The van der Waals surface area contributed by atoms with Gasteiger partial charge in [0.2, 0.25) is 15.9 Å². The van der Waals surface area contributed by atoms with E-state index in [9.17, 15) is 13.2 Å². The van der Waals surface area contributed by atoms with Crippen molar-refractivity contribution >= 4 is 21.6 Å². The first-order valence-corrected chi connectivity index (χ1v) is 8.03. The summed E-state index contributed by atoms with van der Waals surface area (Å²) in [4.78, 5) is 12.2. The number of anilines is 1. The molecule has 4 N–H and O–H groups in total. The molecule has 1 fully saturated rings. The maximum atomic E-state index is 12.2. The van der Waals surface area contributed by atoms with E-state index >= 15 is 0 Å². The largest absolute Gasteiger partial charge is 0.327 e. The molecule has 0 aromatic heterocycles. The first kappa shape index (κ1) is 15.0. The van der Waals surface area contributed by atoms with Crippen LogP contribution in [0.5, 0.6) is 0 Å². The van der Waals surface area contributed by atoms with Gasteiger partial charge in [-0.15, -0.1) is 0 Å². The Morgan fingerprint density at radius 1 is 1.30 bits per heavy atom. The van der Waals surface area contributed by atoms with Gasteiger partial charge in [-0.25, -0.2) is 13.1 Å². The number of sulfonamides is 1. The van der Waals surface area contributed by atoms with Gasteiger partial charge < -0.3 is 11.1 Å². The lowest BCUT2D eigenvalue weighted by atomic mass is 10.0. The third kappa shape index (κ3) is 3.00. The van der Waals surface area contributed by atoms with Gasteiger partial charge >= 0.3 is 0 Å². The highest BCUT2D eigenvalue weighted by atomic mass is 32.2. The number of hydrogen-bond acceptors (Lipinski definition) is 4. The van der Waals surface area contributed by atoms with E-state index in [1.807, 2.05) is 0 Å². The highest BCUT2D eigenvalue weighted by Crippen LogP contribution is 2.27. The monoisotopic (exact) mass is 297 g/mol. The van der Waals surface area contributed by atoms with Crippen molar-refractivity contribution in [2.75, 3.05) is 12.4 Å². The van der Waals surface area contributed by atoms with Gasteiger partial charge in [0.05, 0.1) is 11.6 Å². The third-order valence-electron chi connectivity index (χ3n) is 3.61. The van der Waals surface area contributed by atoms with Crippen molar-refractivity contribution in [2.45, 2.75) is 30.2 Å². The van der Waals surface area contributed by atoms with E-state index in [2.05, 4.69) is 10.0 Å². The van der Waals surface area contributed by atoms with Crippen LogP contribution < -0.4 is 15.8 Å². The molecule has 2 unspecified atom stereocenters. The van der Waals surface area contributed by atoms with Crippen molar-refractivity contribution < 1.29 is 13.2 Å². The molecule has 1 aliphatic rings. The van der Waals surface area contributed by atoms with Crippen LogP contribution in [0.15, 0.2) is 29.2 Å². The molecule has 6 nitrogen and oxygen atoms in total. The molecule has 110 valence electrons. The SMILES string of the molecule is CNS(=O)(=O)c1ccccc1NC(=O)C1CCCC1N. The van der Waals surface area contributed by atoms with Crippen LogP contribution in [0, 0.1) is 5.92 Å². The summed E-state index contributed by atoms with van der Waals surface area (Å²) in [5.74, 6) is -0.464. The zero-order chi connectivity index (χ0) is 14.8. The van der Waals surface area contributed by atoms with E-state index in [4.69, 9.17) is 5.73 Å². The summed E-state index contributed by atoms with van der Waals surface area (Å²) in [5.41, 5.74) is 6.18. The summed E-state index contributed by atoms with van der Waals surface area (Å²) in [5, 5.41) is 2.69. The quantitative estimate of drug-likeness (QED) is 0.760. The topological polar surface area (TPSA) is 101 Å². The minimum Gasteiger partial charge on any atom is -0.327 e. The molecule has 0 spiro atoms. The Balaban J connectivity index is 2.24. The summed E-state index contributed by atoms with van der Waals surface area (Å²) in [6.07, 6.45) is 2.50. The fourth-order valence-corrected chi connectivity index (χ4v) is 3.34. The second-order valence-corrected chi connectivity index (χ2v) is 6.75. The van der Waals surface area contributed by atoms with E-state index in [1.54, 1.807) is 18.2 Å². The Morgan fingerprint density at radius 2 is 2.00 bits per heavy atom. The smallest absolute Gasteiger partial charge is 0.242 e. The van der Waals surface area contributed by atoms with Gasteiger partial charge in [-0.05, 0) is 32.0 Å². The number of nitrogens with one attached hydrogen (secondary N) is 2. The van der Waals surface area contributed by atoms with E-state index < -0.39 is 10.0 Å². The average molecular weight is 297 g/mol. The van der Waals surface area contributed by atoms with Crippen molar-refractivity contribution in [3.05, 3.63) is 24.3 Å². The lowest BCUT2D eigenvalue weighted by molar-refractivity contribution is -0.120. The number of carbonyl (C=O) groups excluding carboxylic acids is 1. The fourth-order valence-electron chi connectivity index (χ4n) is 2.45. The Morgan fingerprint density at radius 3 is 2.60 bits per heavy atom. The first-order chi connectivity index (χ1) is 9.45. The van der Waals surface area contributed by atoms with E-state index in [0.29, 0.717) is 0 Å². The molecule has 1 aromatic carbocycles. The Labute approximate surface area is 118 Å². The molecular weight excluding hydrogens is 278 g/mol. The molecule has 0 bridgehead atoms. The summed E-state index contributed by atoms with van der Waals surface area (Å²) >= 11 is 0. The van der Waals surface area contributed by atoms with Gasteiger partial charge in [0.1, 0.15) is 4.90 Å². The maximum Gasteiger partial charge on any atom is 0.242 e. The molecule has 2 rings (SSSR count). The number of para-hydroxylation sites is 1. The molecular formula is C13H19N3O3S. The first-order valence-electron chi connectivity index (χ1n) is 6.54. The van der Waals surface area contributed by atoms with Gasteiger partial charge in [0.15, 0.2) is 0 Å². The molecule has 7 heteroatoms. The van der Waals surface area contributed by atoms with Crippen LogP contribution in [0.1, 0.15) is 19.3 Å². The van der Waals surface area contributed by atoms with Gasteiger partial charge in [0.25, 0.3) is 0 Å². The average Bonchev–Trinajstić information content (AvgIpc) is 2.85. The molecule has 0 aliphatic heterocycles. The second-order valence-electron chi connectivity index (χ2n) is 4.89. The zero-order valence-electron chi connectivity index (χ0n) is 11.3. The van der Waals surface area contributed by atoms with Crippen LogP contribution in [0.25, 0.3) is 0 Å². The molecule has 0 heterocycles. The van der Waals surface area contributed by atoms with Crippen molar-refractivity contribution in [2.24, 2.45) is 11.7 Å². The summed E-state index contributed by atoms with van der Waals surface area (Å²) in [6.45, 7) is 0. The molecule has 1 aromatic rings. The van der Waals surface area contributed by atoms with Crippen molar-refractivity contribution in [3.63, 3.8) is 0 Å². The normalized spacial score (nSPS) is 22.7. The number of rotatable bonds is 4. The van der Waals surface area contributed by atoms with E-state index in [-0.39, 0.29) is 28.4 Å². The van der Waals surface area contributed by atoms with Crippen LogP contribution in [0.3, 0.4) is 0 Å². The van der Waals surface area contributed by atoms with Gasteiger partial charge in [-0.3, -0.25) is 4.79 Å². The van der Waals surface area contributed by atoms with E-state index in [1.165, 1.54) is 13.1 Å². The molecule has 0 radical (unpaired) electrons. The zero-order valence-corrected chi connectivity index (χ0v) is 12.1.